The third-order valence-corrected chi connectivity index (χ3v) is 2.80. The fraction of sp³-hybridized carbons (Fsp3) is 0.0625. The number of hydrogen-bond donors (Lipinski definition) is 1. The number of benzene rings is 2. The molecule has 0 aliphatic rings. The Balaban J connectivity index is 2.03. The van der Waals surface area contributed by atoms with Gasteiger partial charge in [0.25, 0.3) is 0 Å². The van der Waals surface area contributed by atoms with Crippen molar-refractivity contribution in [3.05, 3.63) is 64.7 Å². The zero-order valence-corrected chi connectivity index (χ0v) is 10.9. The summed E-state index contributed by atoms with van der Waals surface area (Å²) in [5, 5.41) is 3.43. The average molecular weight is 270 g/mol. The topological polar surface area (TPSA) is 29.1 Å². The van der Waals surface area contributed by atoms with Crippen molar-refractivity contribution >= 4 is 23.2 Å². The predicted molar refractivity (Wildman–Crippen MR) is 78.2 cm³/mol. The molecule has 0 atom stereocenters. The maximum absolute atomic E-state index is 11.9. The number of terminal acetylenes is 1. The first kappa shape index (κ1) is 13.2. The van der Waals surface area contributed by atoms with Crippen molar-refractivity contribution in [2.45, 2.75) is 6.42 Å². The van der Waals surface area contributed by atoms with E-state index in [1.165, 1.54) is 0 Å². The zero-order chi connectivity index (χ0) is 13.7. The lowest BCUT2D eigenvalue weighted by Gasteiger charge is -2.06. The SMILES string of the molecule is C#Cc1cccc(NC(=O)Cc2cccc(Cl)c2)c1. The highest BCUT2D eigenvalue weighted by Crippen LogP contribution is 2.13. The molecule has 0 fully saturated rings. The van der Waals surface area contributed by atoms with Crippen LogP contribution in [0.1, 0.15) is 11.1 Å². The number of hydrogen-bond acceptors (Lipinski definition) is 1. The molecule has 2 aromatic rings. The quantitative estimate of drug-likeness (QED) is 0.849. The molecule has 0 aliphatic heterocycles. The van der Waals surface area contributed by atoms with Crippen LogP contribution in [0.4, 0.5) is 5.69 Å². The van der Waals surface area contributed by atoms with Crippen molar-refractivity contribution in [1.29, 1.82) is 0 Å². The molecule has 0 aliphatic carbocycles. The molecule has 0 heterocycles. The summed E-state index contributed by atoms with van der Waals surface area (Å²) < 4.78 is 0. The summed E-state index contributed by atoms with van der Waals surface area (Å²) in [6, 6.07) is 14.4. The Hall–Kier alpha value is -2.24. The van der Waals surface area contributed by atoms with Crippen molar-refractivity contribution < 1.29 is 4.79 Å². The van der Waals surface area contributed by atoms with Crippen LogP contribution < -0.4 is 5.32 Å². The largest absolute Gasteiger partial charge is 0.326 e. The van der Waals surface area contributed by atoms with Crippen LogP contribution >= 0.6 is 11.6 Å². The molecule has 0 bridgehead atoms. The van der Waals surface area contributed by atoms with Crippen molar-refractivity contribution in [3.63, 3.8) is 0 Å². The second-order valence-corrected chi connectivity index (χ2v) is 4.52. The maximum atomic E-state index is 11.9. The van der Waals surface area contributed by atoms with Gasteiger partial charge in [-0.2, -0.15) is 0 Å². The monoisotopic (exact) mass is 269 g/mol. The molecule has 3 heteroatoms. The lowest BCUT2D eigenvalue weighted by Crippen LogP contribution is -2.14. The number of anilines is 1. The number of rotatable bonds is 3. The molecule has 2 rings (SSSR count). The second-order valence-electron chi connectivity index (χ2n) is 4.08. The molecule has 0 unspecified atom stereocenters. The van der Waals surface area contributed by atoms with Crippen LogP contribution in [0.15, 0.2) is 48.5 Å². The summed E-state index contributed by atoms with van der Waals surface area (Å²) >= 11 is 5.87. The summed E-state index contributed by atoms with van der Waals surface area (Å²) in [5.41, 5.74) is 2.31. The molecule has 1 amide bonds. The Morgan fingerprint density at radius 3 is 2.74 bits per heavy atom. The van der Waals surface area contributed by atoms with Gasteiger partial charge < -0.3 is 5.32 Å². The van der Waals surface area contributed by atoms with Gasteiger partial charge in [0.05, 0.1) is 6.42 Å². The first-order valence-electron chi connectivity index (χ1n) is 5.78. The van der Waals surface area contributed by atoms with Gasteiger partial charge in [0, 0.05) is 16.3 Å². The van der Waals surface area contributed by atoms with Gasteiger partial charge in [-0.25, -0.2) is 0 Å². The number of halogens is 1. The average Bonchev–Trinajstić information content (AvgIpc) is 2.38. The molecule has 1 N–H and O–H groups in total. The Morgan fingerprint density at radius 1 is 1.21 bits per heavy atom. The van der Waals surface area contributed by atoms with E-state index in [0.717, 1.165) is 11.1 Å². The van der Waals surface area contributed by atoms with E-state index in [1.807, 2.05) is 24.3 Å². The normalized spacial score (nSPS) is 9.68. The predicted octanol–water partition coefficient (Wildman–Crippen LogP) is 3.50. The summed E-state index contributed by atoms with van der Waals surface area (Å²) in [5.74, 6) is 2.43. The Labute approximate surface area is 117 Å². The fourth-order valence-electron chi connectivity index (χ4n) is 1.72. The fourth-order valence-corrected chi connectivity index (χ4v) is 1.94. The highest BCUT2D eigenvalue weighted by molar-refractivity contribution is 6.30. The van der Waals surface area contributed by atoms with E-state index in [0.29, 0.717) is 10.7 Å². The first-order chi connectivity index (χ1) is 9.17. The Morgan fingerprint density at radius 2 is 2.00 bits per heavy atom. The van der Waals surface area contributed by atoms with E-state index in [2.05, 4.69) is 11.2 Å². The van der Waals surface area contributed by atoms with Gasteiger partial charge >= 0.3 is 0 Å². The number of carbonyl (C=O) groups excluding carboxylic acids is 1. The standard InChI is InChI=1S/C16H12ClNO/c1-2-12-5-4-8-15(10-12)18-16(19)11-13-6-3-7-14(17)9-13/h1,3-10H,11H2,(H,18,19). The van der Waals surface area contributed by atoms with Crippen LogP contribution in [0.3, 0.4) is 0 Å². The van der Waals surface area contributed by atoms with Crippen LogP contribution in [0.25, 0.3) is 0 Å². The van der Waals surface area contributed by atoms with E-state index in [-0.39, 0.29) is 12.3 Å². The minimum Gasteiger partial charge on any atom is -0.326 e. The van der Waals surface area contributed by atoms with Crippen LogP contribution in [0.5, 0.6) is 0 Å². The van der Waals surface area contributed by atoms with E-state index in [4.69, 9.17) is 18.0 Å². The second kappa shape index (κ2) is 6.08. The smallest absolute Gasteiger partial charge is 0.228 e. The third kappa shape index (κ3) is 3.87. The number of nitrogens with one attached hydrogen (secondary N) is 1. The molecular weight excluding hydrogens is 258 g/mol. The zero-order valence-electron chi connectivity index (χ0n) is 10.2. The molecular formula is C16H12ClNO. The highest BCUT2D eigenvalue weighted by atomic mass is 35.5. The third-order valence-electron chi connectivity index (χ3n) is 2.57. The summed E-state index contributed by atoms with van der Waals surface area (Å²) in [6.45, 7) is 0. The molecule has 2 nitrogen and oxygen atoms in total. The lowest BCUT2D eigenvalue weighted by atomic mass is 10.1. The molecule has 94 valence electrons. The van der Waals surface area contributed by atoms with Crippen LogP contribution in [0.2, 0.25) is 5.02 Å². The number of amides is 1. The lowest BCUT2D eigenvalue weighted by molar-refractivity contribution is -0.115. The van der Waals surface area contributed by atoms with Crippen LogP contribution in [-0.2, 0) is 11.2 Å². The van der Waals surface area contributed by atoms with Gasteiger partial charge in [-0.15, -0.1) is 6.42 Å². The van der Waals surface area contributed by atoms with Crippen LogP contribution in [-0.4, -0.2) is 5.91 Å². The summed E-state index contributed by atoms with van der Waals surface area (Å²) in [4.78, 5) is 11.9. The van der Waals surface area contributed by atoms with Gasteiger partial charge in [0.15, 0.2) is 0 Å². The van der Waals surface area contributed by atoms with Gasteiger partial charge in [-0.1, -0.05) is 35.7 Å². The maximum Gasteiger partial charge on any atom is 0.228 e. The van der Waals surface area contributed by atoms with Crippen molar-refractivity contribution in [1.82, 2.24) is 0 Å². The van der Waals surface area contributed by atoms with Crippen LogP contribution in [0, 0.1) is 12.3 Å². The molecule has 0 spiro atoms. The minimum absolute atomic E-state index is 0.101. The molecule has 2 aromatic carbocycles. The van der Waals surface area contributed by atoms with E-state index < -0.39 is 0 Å². The van der Waals surface area contributed by atoms with Gasteiger partial charge in [-0.3, -0.25) is 4.79 Å². The Kier molecular flexibility index (Phi) is 4.22. The van der Waals surface area contributed by atoms with Crippen molar-refractivity contribution in [3.8, 4) is 12.3 Å². The molecule has 0 aromatic heterocycles. The van der Waals surface area contributed by atoms with Gasteiger partial charge in [0.2, 0.25) is 5.91 Å². The molecule has 0 saturated heterocycles. The minimum atomic E-state index is -0.101. The summed E-state index contributed by atoms with van der Waals surface area (Å²) in [6.07, 6.45) is 5.59. The molecule has 0 saturated carbocycles. The van der Waals surface area contributed by atoms with Crippen molar-refractivity contribution in [2.24, 2.45) is 0 Å². The molecule has 19 heavy (non-hydrogen) atoms. The van der Waals surface area contributed by atoms with Crippen molar-refractivity contribution in [2.75, 3.05) is 5.32 Å². The summed E-state index contributed by atoms with van der Waals surface area (Å²) in [7, 11) is 0. The highest BCUT2D eigenvalue weighted by Gasteiger charge is 2.04. The van der Waals surface area contributed by atoms with Gasteiger partial charge in [0.1, 0.15) is 0 Å². The molecule has 0 radical (unpaired) electrons. The van der Waals surface area contributed by atoms with E-state index in [9.17, 15) is 4.79 Å². The first-order valence-corrected chi connectivity index (χ1v) is 6.16. The van der Waals surface area contributed by atoms with Gasteiger partial charge in [-0.05, 0) is 35.9 Å². The number of carbonyl (C=O) groups is 1. The van der Waals surface area contributed by atoms with E-state index in [1.54, 1.807) is 24.3 Å². The van der Waals surface area contributed by atoms with E-state index >= 15 is 0 Å². The Bertz CT molecular complexity index is 643.